The van der Waals surface area contributed by atoms with Crippen LogP contribution in [0.2, 0.25) is 0 Å². The lowest BCUT2D eigenvalue weighted by Crippen LogP contribution is -2.45. The zero-order chi connectivity index (χ0) is 17.6. The molecular weight excluding hydrogens is 322 g/mol. The standard InChI is InChI=1S/C17H21N5O3/c1-2-14-7-3-4-9-21(14)16(23)11-25-17(24)13-6-5-8-15(10-13)22-12-18-19-20-22/h5-6,8,10,12,14H,2-4,7,9,11H2,1H3. The van der Waals surface area contributed by atoms with Gasteiger partial charge in [-0.3, -0.25) is 4.79 Å². The second-order valence-electron chi connectivity index (χ2n) is 6.03. The van der Waals surface area contributed by atoms with E-state index in [9.17, 15) is 9.59 Å². The zero-order valence-electron chi connectivity index (χ0n) is 14.2. The van der Waals surface area contributed by atoms with E-state index in [2.05, 4.69) is 22.4 Å². The molecule has 0 aliphatic carbocycles. The van der Waals surface area contributed by atoms with Crippen molar-refractivity contribution in [2.24, 2.45) is 0 Å². The molecule has 1 aliphatic heterocycles. The maximum absolute atomic E-state index is 12.4. The van der Waals surface area contributed by atoms with Crippen LogP contribution in [-0.2, 0) is 9.53 Å². The van der Waals surface area contributed by atoms with Crippen LogP contribution in [0.5, 0.6) is 0 Å². The molecule has 25 heavy (non-hydrogen) atoms. The van der Waals surface area contributed by atoms with Crippen LogP contribution in [0.1, 0.15) is 43.0 Å². The number of esters is 1. The van der Waals surface area contributed by atoms with Gasteiger partial charge in [0.2, 0.25) is 0 Å². The van der Waals surface area contributed by atoms with E-state index < -0.39 is 5.97 Å². The van der Waals surface area contributed by atoms with Crippen LogP contribution in [-0.4, -0.2) is 56.2 Å². The molecule has 8 nitrogen and oxygen atoms in total. The molecule has 1 saturated heterocycles. The largest absolute Gasteiger partial charge is 0.452 e. The molecule has 0 bridgehead atoms. The number of tetrazole rings is 1. The maximum Gasteiger partial charge on any atom is 0.338 e. The van der Waals surface area contributed by atoms with Gasteiger partial charge in [0.15, 0.2) is 6.61 Å². The Hall–Kier alpha value is -2.77. The Morgan fingerprint density at radius 2 is 2.20 bits per heavy atom. The number of aromatic nitrogens is 4. The van der Waals surface area contributed by atoms with Crippen LogP contribution < -0.4 is 0 Å². The van der Waals surface area contributed by atoms with Gasteiger partial charge in [-0.05, 0) is 54.3 Å². The molecule has 8 heteroatoms. The predicted octanol–water partition coefficient (Wildman–Crippen LogP) is 1.61. The number of piperidine rings is 1. The van der Waals surface area contributed by atoms with Crippen molar-refractivity contribution in [1.29, 1.82) is 0 Å². The first kappa shape index (κ1) is 17.1. The quantitative estimate of drug-likeness (QED) is 0.766. The van der Waals surface area contributed by atoms with E-state index >= 15 is 0 Å². The Kier molecular flexibility index (Phi) is 5.37. The van der Waals surface area contributed by atoms with Crippen molar-refractivity contribution in [3.8, 4) is 5.69 Å². The van der Waals surface area contributed by atoms with Crippen LogP contribution in [0, 0.1) is 0 Å². The fraction of sp³-hybridized carbons (Fsp3) is 0.471. The van der Waals surface area contributed by atoms with E-state index in [1.807, 2.05) is 4.90 Å². The number of rotatable bonds is 5. The summed E-state index contributed by atoms with van der Waals surface area (Å²) in [5, 5.41) is 10.9. The van der Waals surface area contributed by atoms with E-state index in [1.165, 1.54) is 11.0 Å². The maximum atomic E-state index is 12.4. The molecule has 2 aromatic rings. The van der Waals surface area contributed by atoms with Gasteiger partial charge in [-0.15, -0.1) is 5.10 Å². The van der Waals surface area contributed by atoms with Gasteiger partial charge in [-0.25, -0.2) is 9.48 Å². The number of carbonyl (C=O) groups is 2. The molecule has 1 fully saturated rings. The summed E-state index contributed by atoms with van der Waals surface area (Å²) in [5.41, 5.74) is 0.999. The summed E-state index contributed by atoms with van der Waals surface area (Å²) in [7, 11) is 0. The normalized spacial score (nSPS) is 17.3. The molecule has 0 radical (unpaired) electrons. The fourth-order valence-electron chi connectivity index (χ4n) is 3.10. The molecule has 1 amide bonds. The monoisotopic (exact) mass is 343 g/mol. The molecule has 1 unspecified atom stereocenters. The van der Waals surface area contributed by atoms with Crippen molar-refractivity contribution in [3.63, 3.8) is 0 Å². The average molecular weight is 343 g/mol. The molecular formula is C17H21N5O3. The lowest BCUT2D eigenvalue weighted by atomic mass is 10.00. The van der Waals surface area contributed by atoms with Crippen LogP contribution in [0.25, 0.3) is 5.69 Å². The first-order chi connectivity index (χ1) is 12.2. The minimum absolute atomic E-state index is 0.128. The molecule has 2 heterocycles. The lowest BCUT2D eigenvalue weighted by molar-refractivity contribution is -0.138. The number of hydrogen-bond donors (Lipinski definition) is 0. The Morgan fingerprint density at radius 3 is 2.96 bits per heavy atom. The molecule has 0 saturated carbocycles. The Balaban J connectivity index is 1.61. The molecule has 1 aromatic carbocycles. The van der Waals surface area contributed by atoms with Gasteiger partial charge in [0.25, 0.3) is 5.91 Å². The molecule has 1 atom stereocenters. The van der Waals surface area contributed by atoms with E-state index in [0.717, 1.165) is 32.2 Å². The van der Waals surface area contributed by atoms with E-state index in [4.69, 9.17) is 4.74 Å². The number of hydrogen-bond acceptors (Lipinski definition) is 6. The second kappa shape index (κ2) is 7.87. The highest BCUT2D eigenvalue weighted by atomic mass is 16.5. The van der Waals surface area contributed by atoms with E-state index in [1.54, 1.807) is 24.3 Å². The van der Waals surface area contributed by atoms with Crippen molar-refractivity contribution in [2.45, 2.75) is 38.6 Å². The average Bonchev–Trinajstić information content (AvgIpc) is 3.20. The molecule has 3 rings (SSSR count). The van der Waals surface area contributed by atoms with E-state index in [-0.39, 0.29) is 18.6 Å². The van der Waals surface area contributed by atoms with Crippen molar-refractivity contribution < 1.29 is 14.3 Å². The SMILES string of the molecule is CCC1CCCCN1C(=O)COC(=O)c1cccc(-n2cnnn2)c1. The summed E-state index contributed by atoms with van der Waals surface area (Å²) >= 11 is 0. The molecule has 0 N–H and O–H groups in total. The van der Waals surface area contributed by atoms with Crippen LogP contribution in [0.4, 0.5) is 0 Å². The van der Waals surface area contributed by atoms with Gasteiger partial charge in [0, 0.05) is 12.6 Å². The lowest BCUT2D eigenvalue weighted by Gasteiger charge is -2.35. The van der Waals surface area contributed by atoms with Crippen molar-refractivity contribution >= 4 is 11.9 Å². The number of nitrogens with zero attached hydrogens (tertiary/aromatic N) is 5. The molecule has 132 valence electrons. The fourth-order valence-corrected chi connectivity index (χ4v) is 3.10. The Bertz CT molecular complexity index is 732. The number of amides is 1. The number of benzene rings is 1. The summed E-state index contributed by atoms with van der Waals surface area (Å²) in [6.07, 6.45) is 5.53. The first-order valence-electron chi connectivity index (χ1n) is 8.49. The highest BCUT2D eigenvalue weighted by Crippen LogP contribution is 2.19. The summed E-state index contributed by atoms with van der Waals surface area (Å²) in [6.45, 7) is 2.58. The highest BCUT2D eigenvalue weighted by Gasteiger charge is 2.26. The Labute approximate surface area is 145 Å². The van der Waals surface area contributed by atoms with Gasteiger partial charge in [-0.2, -0.15) is 0 Å². The van der Waals surface area contributed by atoms with Gasteiger partial charge < -0.3 is 9.64 Å². The summed E-state index contributed by atoms with van der Waals surface area (Å²) in [6, 6.07) is 7.00. The summed E-state index contributed by atoms with van der Waals surface area (Å²) < 4.78 is 6.66. The van der Waals surface area contributed by atoms with Gasteiger partial charge in [0.1, 0.15) is 6.33 Å². The number of carbonyl (C=O) groups excluding carboxylic acids is 2. The third-order valence-corrected chi connectivity index (χ3v) is 4.44. The predicted molar refractivity (Wildman–Crippen MR) is 89.1 cm³/mol. The van der Waals surface area contributed by atoms with Gasteiger partial charge in [0.05, 0.1) is 11.3 Å². The minimum Gasteiger partial charge on any atom is -0.452 e. The number of ether oxygens (including phenoxy) is 1. The van der Waals surface area contributed by atoms with Crippen molar-refractivity contribution in [2.75, 3.05) is 13.2 Å². The number of likely N-dealkylation sites (tertiary alicyclic amines) is 1. The van der Waals surface area contributed by atoms with Crippen LogP contribution in [0.3, 0.4) is 0 Å². The second-order valence-corrected chi connectivity index (χ2v) is 6.03. The van der Waals surface area contributed by atoms with Crippen LogP contribution in [0.15, 0.2) is 30.6 Å². The molecule has 1 aliphatic rings. The molecule has 0 spiro atoms. The van der Waals surface area contributed by atoms with Crippen LogP contribution >= 0.6 is 0 Å². The van der Waals surface area contributed by atoms with Gasteiger partial charge >= 0.3 is 5.97 Å². The van der Waals surface area contributed by atoms with Crippen molar-refractivity contribution in [3.05, 3.63) is 36.2 Å². The minimum atomic E-state index is -0.534. The summed E-state index contributed by atoms with van der Waals surface area (Å²) in [4.78, 5) is 26.5. The third kappa shape index (κ3) is 4.01. The van der Waals surface area contributed by atoms with Gasteiger partial charge in [-0.1, -0.05) is 13.0 Å². The third-order valence-electron chi connectivity index (χ3n) is 4.44. The smallest absolute Gasteiger partial charge is 0.338 e. The highest BCUT2D eigenvalue weighted by molar-refractivity contribution is 5.91. The topological polar surface area (TPSA) is 90.2 Å². The molecule has 1 aromatic heterocycles. The zero-order valence-corrected chi connectivity index (χ0v) is 14.2. The summed E-state index contributed by atoms with van der Waals surface area (Å²) in [5.74, 6) is -0.662. The van der Waals surface area contributed by atoms with E-state index in [0.29, 0.717) is 11.3 Å². The van der Waals surface area contributed by atoms with Crippen molar-refractivity contribution in [1.82, 2.24) is 25.1 Å². The Morgan fingerprint density at radius 1 is 1.32 bits per heavy atom. The first-order valence-corrected chi connectivity index (χ1v) is 8.49.